The van der Waals surface area contributed by atoms with E-state index in [-0.39, 0.29) is 0 Å². The Hall–Kier alpha value is -1.27. The minimum Gasteiger partial charge on any atom is -0.507 e. The molecule has 0 unspecified atom stereocenters. The lowest BCUT2D eigenvalue weighted by Gasteiger charge is -2.27. The first-order valence-corrected chi connectivity index (χ1v) is 5.79. The van der Waals surface area contributed by atoms with Gasteiger partial charge < -0.3 is 10.4 Å². The SMILES string of the molecule is Oc1ccc(CN2CCNCC2)cc1C(F)(F)F. The van der Waals surface area contributed by atoms with Gasteiger partial charge in [0, 0.05) is 32.7 Å². The molecular formula is C12H15F3N2O. The Morgan fingerprint density at radius 2 is 1.89 bits per heavy atom. The lowest BCUT2D eigenvalue weighted by Crippen LogP contribution is -2.42. The third-order valence-electron chi connectivity index (χ3n) is 2.98. The predicted octanol–water partition coefficient (Wildman–Crippen LogP) is 1.82. The maximum Gasteiger partial charge on any atom is 0.419 e. The van der Waals surface area contributed by atoms with Crippen LogP contribution in [0.3, 0.4) is 0 Å². The maximum atomic E-state index is 12.6. The van der Waals surface area contributed by atoms with E-state index < -0.39 is 17.5 Å². The summed E-state index contributed by atoms with van der Waals surface area (Å²) >= 11 is 0. The summed E-state index contributed by atoms with van der Waals surface area (Å²) in [5, 5.41) is 12.4. The highest BCUT2D eigenvalue weighted by atomic mass is 19.4. The number of aromatic hydroxyl groups is 1. The third kappa shape index (κ3) is 3.14. The summed E-state index contributed by atoms with van der Waals surface area (Å²) in [6, 6.07) is 3.67. The fourth-order valence-corrected chi connectivity index (χ4v) is 2.04. The van der Waals surface area contributed by atoms with Gasteiger partial charge in [-0.15, -0.1) is 0 Å². The lowest BCUT2D eigenvalue weighted by atomic mass is 10.1. The van der Waals surface area contributed by atoms with Crippen LogP contribution in [0.5, 0.6) is 5.75 Å². The van der Waals surface area contributed by atoms with Crippen molar-refractivity contribution in [2.45, 2.75) is 12.7 Å². The highest BCUT2D eigenvalue weighted by Crippen LogP contribution is 2.36. The van der Waals surface area contributed by atoms with Crippen molar-refractivity contribution in [3.05, 3.63) is 29.3 Å². The van der Waals surface area contributed by atoms with Gasteiger partial charge in [0.2, 0.25) is 0 Å². The monoisotopic (exact) mass is 260 g/mol. The van der Waals surface area contributed by atoms with Gasteiger partial charge in [0.05, 0.1) is 5.56 Å². The summed E-state index contributed by atoms with van der Waals surface area (Å²) in [7, 11) is 0. The fraction of sp³-hybridized carbons (Fsp3) is 0.500. The predicted molar refractivity (Wildman–Crippen MR) is 61.3 cm³/mol. The van der Waals surface area contributed by atoms with Crippen LogP contribution in [0.15, 0.2) is 18.2 Å². The zero-order valence-electron chi connectivity index (χ0n) is 9.80. The minimum atomic E-state index is -4.51. The standard InChI is InChI=1S/C12H15F3N2O/c13-12(14,15)10-7-9(1-2-11(10)18)8-17-5-3-16-4-6-17/h1-2,7,16,18H,3-6,8H2. The second-order valence-corrected chi connectivity index (χ2v) is 4.38. The smallest absolute Gasteiger partial charge is 0.419 e. The van der Waals surface area contributed by atoms with Crippen molar-refractivity contribution in [2.24, 2.45) is 0 Å². The van der Waals surface area contributed by atoms with Gasteiger partial charge in [0.25, 0.3) is 0 Å². The summed E-state index contributed by atoms with van der Waals surface area (Å²) in [6.45, 7) is 3.82. The number of hydrogen-bond donors (Lipinski definition) is 2. The van der Waals surface area contributed by atoms with E-state index in [1.165, 1.54) is 6.07 Å². The molecule has 0 radical (unpaired) electrons. The zero-order valence-corrected chi connectivity index (χ0v) is 9.80. The van der Waals surface area contributed by atoms with Gasteiger partial charge >= 0.3 is 6.18 Å². The number of phenolic OH excluding ortho intramolecular Hbond substituents is 1. The number of halogens is 3. The first-order chi connectivity index (χ1) is 8.47. The van der Waals surface area contributed by atoms with Crippen molar-refractivity contribution in [3.63, 3.8) is 0 Å². The van der Waals surface area contributed by atoms with Gasteiger partial charge in [-0.3, -0.25) is 4.90 Å². The molecule has 1 aliphatic heterocycles. The van der Waals surface area contributed by atoms with E-state index in [0.29, 0.717) is 12.1 Å². The summed E-state index contributed by atoms with van der Waals surface area (Å²) in [5.74, 6) is -0.716. The van der Waals surface area contributed by atoms with E-state index in [4.69, 9.17) is 0 Å². The molecule has 0 aromatic heterocycles. The molecule has 2 N–H and O–H groups in total. The molecule has 100 valence electrons. The molecule has 1 aromatic carbocycles. The van der Waals surface area contributed by atoms with Crippen LogP contribution >= 0.6 is 0 Å². The summed E-state index contributed by atoms with van der Waals surface area (Å²) in [4.78, 5) is 2.09. The summed E-state index contributed by atoms with van der Waals surface area (Å²) < 4.78 is 37.9. The Morgan fingerprint density at radius 1 is 1.22 bits per heavy atom. The third-order valence-corrected chi connectivity index (χ3v) is 2.98. The first-order valence-electron chi connectivity index (χ1n) is 5.79. The van der Waals surface area contributed by atoms with Crippen LogP contribution in [0.25, 0.3) is 0 Å². The number of nitrogens with zero attached hydrogens (tertiary/aromatic N) is 1. The summed E-state index contributed by atoms with van der Waals surface area (Å²) in [5.41, 5.74) is -0.392. The Bertz CT molecular complexity index is 414. The largest absolute Gasteiger partial charge is 0.507 e. The quantitative estimate of drug-likeness (QED) is 0.851. The molecule has 0 aliphatic carbocycles. The molecule has 0 amide bonds. The van der Waals surface area contributed by atoms with Crippen LogP contribution in [0.4, 0.5) is 13.2 Å². The number of piperazine rings is 1. The molecule has 1 aromatic rings. The normalized spacial score (nSPS) is 17.9. The van der Waals surface area contributed by atoms with Crippen molar-refractivity contribution >= 4 is 0 Å². The van der Waals surface area contributed by atoms with Gasteiger partial charge in [-0.2, -0.15) is 13.2 Å². The van der Waals surface area contributed by atoms with Crippen molar-refractivity contribution < 1.29 is 18.3 Å². The van der Waals surface area contributed by atoms with Crippen molar-refractivity contribution in [3.8, 4) is 5.75 Å². The molecule has 1 aliphatic rings. The Kier molecular flexibility index (Phi) is 3.77. The number of rotatable bonds is 2. The number of nitrogens with one attached hydrogen (secondary N) is 1. The molecule has 3 nitrogen and oxygen atoms in total. The summed E-state index contributed by atoms with van der Waals surface area (Å²) in [6.07, 6.45) is -4.51. The molecule has 0 bridgehead atoms. The molecular weight excluding hydrogens is 245 g/mol. The number of phenols is 1. The highest BCUT2D eigenvalue weighted by Gasteiger charge is 2.34. The van der Waals surface area contributed by atoms with Crippen LogP contribution in [0.2, 0.25) is 0 Å². The molecule has 0 saturated carbocycles. The lowest BCUT2D eigenvalue weighted by molar-refractivity contribution is -0.138. The second-order valence-electron chi connectivity index (χ2n) is 4.38. The Labute approximate surface area is 103 Å². The van der Waals surface area contributed by atoms with Gasteiger partial charge in [-0.05, 0) is 17.7 Å². The van der Waals surface area contributed by atoms with E-state index in [1.54, 1.807) is 0 Å². The van der Waals surface area contributed by atoms with E-state index >= 15 is 0 Å². The van der Waals surface area contributed by atoms with Gasteiger partial charge in [-0.25, -0.2) is 0 Å². The van der Waals surface area contributed by atoms with Gasteiger partial charge in [-0.1, -0.05) is 6.07 Å². The van der Waals surface area contributed by atoms with E-state index in [2.05, 4.69) is 10.2 Å². The number of alkyl halides is 3. The minimum absolute atomic E-state index is 0.477. The van der Waals surface area contributed by atoms with Crippen LogP contribution in [-0.2, 0) is 12.7 Å². The van der Waals surface area contributed by atoms with Gasteiger partial charge in [0.15, 0.2) is 0 Å². The van der Waals surface area contributed by atoms with Crippen LogP contribution in [0, 0.1) is 0 Å². The van der Waals surface area contributed by atoms with Crippen molar-refractivity contribution in [1.29, 1.82) is 0 Å². The van der Waals surface area contributed by atoms with Crippen molar-refractivity contribution in [2.75, 3.05) is 26.2 Å². The first kappa shape index (κ1) is 13.2. The second kappa shape index (κ2) is 5.16. The topological polar surface area (TPSA) is 35.5 Å². The average molecular weight is 260 g/mol. The zero-order chi connectivity index (χ0) is 13.2. The van der Waals surface area contributed by atoms with E-state index in [9.17, 15) is 18.3 Å². The molecule has 2 rings (SSSR count). The molecule has 1 fully saturated rings. The van der Waals surface area contributed by atoms with Crippen molar-refractivity contribution in [1.82, 2.24) is 10.2 Å². The molecule has 1 saturated heterocycles. The Balaban J connectivity index is 2.14. The van der Waals surface area contributed by atoms with Gasteiger partial charge in [0.1, 0.15) is 5.75 Å². The number of hydrogen-bond acceptors (Lipinski definition) is 3. The average Bonchev–Trinajstić information content (AvgIpc) is 2.31. The van der Waals surface area contributed by atoms with Crippen LogP contribution in [0.1, 0.15) is 11.1 Å². The van der Waals surface area contributed by atoms with Crippen LogP contribution in [-0.4, -0.2) is 36.2 Å². The molecule has 0 spiro atoms. The molecule has 1 heterocycles. The van der Waals surface area contributed by atoms with E-state index in [0.717, 1.165) is 38.3 Å². The highest BCUT2D eigenvalue weighted by molar-refractivity contribution is 5.38. The fourth-order valence-electron chi connectivity index (χ4n) is 2.04. The maximum absolute atomic E-state index is 12.6. The molecule has 6 heteroatoms. The van der Waals surface area contributed by atoms with E-state index in [1.807, 2.05) is 0 Å². The Morgan fingerprint density at radius 3 is 2.50 bits per heavy atom. The number of benzene rings is 1. The van der Waals surface area contributed by atoms with Crippen LogP contribution < -0.4 is 5.32 Å². The molecule has 18 heavy (non-hydrogen) atoms. The molecule has 0 atom stereocenters.